The number of aliphatic hydroxyl groups is 1. The molecular formula is C11H21NO. The van der Waals surface area contributed by atoms with E-state index in [9.17, 15) is 0 Å². The summed E-state index contributed by atoms with van der Waals surface area (Å²) in [6.45, 7) is 1.61. The van der Waals surface area contributed by atoms with Crippen LogP contribution in [-0.4, -0.2) is 23.8 Å². The molecule has 0 bridgehead atoms. The van der Waals surface area contributed by atoms with Gasteiger partial charge in [0.25, 0.3) is 0 Å². The van der Waals surface area contributed by atoms with Crippen molar-refractivity contribution >= 4 is 0 Å². The second-order valence-corrected chi connectivity index (χ2v) is 4.79. The van der Waals surface area contributed by atoms with Crippen molar-refractivity contribution in [3.05, 3.63) is 0 Å². The molecule has 0 atom stereocenters. The van der Waals surface area contributed by atoms with E-state index in [1.54, 1.807) is 0 Å². The van der Waals surface area contributed by atoms with Gasteiger partial charge in [-0.3, -0.25) is 0 Å². The Bertz CT molecular complexity index is 153. The molecule has 2 fully saturated rings. The average molecular weight is 183 g/mol. The minimum atomic E-state index is 0.399. The summed E-state index contributed by atoms with van der Waals surface area (Å²) in [5.41, 5.74) is 0.476. The first-order valence-electron chi connectivity index (χ1n) is 5.71. The summed E-state index contributed by atoms with van der Waals surface area (Å²) in [7, 11) is 0. The lowest BCUT2D eigenvalue weighted by atomic mass is 9.73. The zero-order valence-electron chi connectivity index (χ0n) is 8.39. The number of hydrogen-bond acceptors (Lipinski definition) is 2. The van der Waals surface area contributed by atoms with E-state index in [4.69, 9.17) is 5.11 Å². The van der Waals surface area contributed by atoms with Crippen LogP contribution in [0.25, 0.3) is 0 Å². The fourth-order valence-corrected chi connectivity index (χ4v) is 2.87. The van der Waals surface area contributed by atoms with Crippen LogP contribution in [0.5, 0.6) is 0 Å². The molecule has 13 heavy (non-hydrogen) atoms. The first-order valence-corrected chi connectivity index (χ1v) is 5.71. The van der Waals surface area contributed by atoms with Gasteiger partial charge in [-0.25, -0.2) is 0 Å². The van der Waals surface area contributed by atoms with Crippen LogP contribution in [0.15, 0.2) is 0 Å². The normalized spacial score (nSPS) is 40.8. The van der Waals surface area contributed by atoms with E-state index in [2.05, 4.69) is 5.32 Å². The summed E-state index contributed by atoms with van der Waals surface area (Å²) >= 11 is 0. The van der Waals surface area contributed by atoms with Crippen LogP contribution in [0.3, 0.4) is 0 Å². The number of hydrogen-bond donors (Lipinski definition) is 2. The standard InChI is InChI=1S/C11H21NO/c13-9-10-3-6-11(7-4-10)5-1-2-8-12-11/h10,12-13H,1-9H2. The van der Waals surface area contributed by atoms with Crippen molar-refractivity contribution in [1.29, 1.82) is 0 Å². The summed E-state index contributed by atoms with van der Waals surface area (Å²) in [6.07, 6.45) is 9.15. The van der Waals surface area contributed by atoms with Gasteiger partial charge in [-0.05, 0) is 51.0 Å². The van der Waals surface area contributed by atoms with Crippen molar-refractivity contribution < 1.29 is 5.11 Å². The molecule has 1 spiro atoms. The van der Waals surface area contributed by atoms with E-state index < -0.39 is 0 Å². The molecule has 2 rings (SSSR count). The Labute approximate surface area is 80.7 Å². The van der Waals surface area contributed by atoms with Crippen molar-refractivity contribution in [2.75, 3.05) is 13.2 Å². The van der Waals surface area contributed by atoms with Crippen LogP contribution in [-0.2, 0) is 0 Å². The number of piperidine rings is 1. The highest BCUT2D eigenvalue weighted by Gasteiger charge is 2.35. The fourth-order valence-electron chi connectivity index (χ4n) is 2.87. The van der Waals surface area contributed by atoms with E-state index in [1.807, 2.05) is 0 Å². The molecular weight excluding hydrogens is 162 g/mol. The molecule has 1 aliphatic carbocycles. The second kappa shape index (κ2) is 3.97. The predicted octanol–water partition coefficient (Wildman–Crippen LogP) is 1.68. The van der Waals surface area contributed by atoms with Gasteiger partial charge < -0.3 is 10.4 Å². The number of aliphatic hydroxyl groups excluding tert-OH is 1. The first-order chi connectivity index (χ1) is 6.35. The van der Waals surface area contributed by atoms with Crippen LogP contribution in [0.2, 0.25) is 0 Å². The highest BCUT2D eigenvalue weighted by atomic mass is 16.3. The van der Waals surface area contributed by atoms with Crippen LogP contribution >= 0.6 is 0 Å². The van der Waals surface area contributed by atoms with Crippen LogP contribution in [0, 0.1) is 5.92 Å². The van der Waals surface area contributed by atoms with Crippen LogP contribution in [0.1, 0.15) is 44.9 Å². The lowest BCUT2D eigenvalue weighted by Gasteiger charge is -2.43. The van der Waals surface area contributed by atoms with E-state index in [0.717, 1.165) is 0 Å². The molecule has 2 heteroatoms. The molecule has 0 unspecified atom stereocenters. The molecule has 1 saturated carbocycles. The molecule has 0 radical (unpaired) electrons. The minimum absolute atomic E-state index is 0.399. The predicted molar refractivity (Wildman–Crippen MR) is 53.6 cm³/mol. The molecule has 2 aliphatic rings. The maximum atomic E-state index is 9.06. The Hall–Kier alpha value is -0.0800. The van der Waals surface area contributed by atoms with Gasteiger partial charge in [0, 0.05) is 12.1 Å². The summed E-state index contributed by atoms with van der Waals surface area (Å²) in [5.74, 6) is 0.592. The molecule has 0 aromatic carbocycles. The Morgan fingerprint density at radius 1 is 1.15 bits per heavy atom. The molecule has 2 N–H and O–H groups in total. The van der Waals surface area contributed by atoms with Crippen LogP contribution in [0.4, 0.5) is 0 Å². The van der Waals surface area contributed by atoms with Crippen LogP contribution < -0.4 is 5.32 Å². The highest BCUT2D eigenvalue weighted by molar-refractivity contribution is 4.94. The lowest BCUT2D eigenvalue weighted by Crippen LogP contribution is -2.50. The third-order valence-electron chi connectivity index (χ3n) is 3.90. The topological polar surface area (TPSA) is 32.3 Å². The average Bonchev–Trinajstić information content (AvgIpc) is 2.20. The smallest absolute Gasteiger partial charge is 0.0459 e. The van der Waals surface area contributed by atoms with Gasteiger partial charge in [-0.2, -0.15) is 0 Å². The zero-order valence-corrected chi connectivity index (χ0v) is 8.39. The lowest BCUT2D eigenvalue weighted by molar-refractivity contribution is 0.115. The van der Waals surface area contributed by atoms with Gasteiger partial charge in [-0.1, -0.05) is 6.42 Å². The molecule has 1 heterocycles. The zero-order chi connectivity index (χ0) is 9.15. The van der Waals surface area contributed by atoms with Gasteiger partial charge in [-0.15, -0.1) is 0 Å². The first kappa shape index (κ1) is 9.47. The highest BCUT2D eigenvalue weighted by Crippen LogP contribution is 2.36. The Balaban J connectivity index is 1.87. The summed E-state index contributed by atoms with van der Waals surface area (Å²) in [5, 5.41) is 12.8. The molecule has 0 aromatic heterocycles. The van der Waals surface area contributed by atoms with Gasteiger partial charge in [0.1, 0.15) is 0 Å². The molecule has 2 nitrogen and oxygen atoms in total. The van der Waals surface area contributed by atoms with E-state index in [1.165, 1.54) is 51.5 Å². The molecule has 0 amide bonds. The van der Waals surface area contributed by atoms with Gasteiger partial charge in [0.15, 0.2) is 0 Å². The summed E-state index contributed by atoms with van der Waals surface area (Å²) < 4.78 is 0. The number of rotatable bonds is 1. The van der Waals surface area contributed by atoms with Gasteiger partial charge in [0.05, 0.1) is 0 Å². The van der Waals surface area contributed by atoms with Gasteiger partial charge in [0.2, 0.25) is 0 Å². The van der Waals surface area contributed by atoms with Crippen molar-refractivity contribution in [2.24, 2.45) is 5.92 Å². The molecule has 76 valence electrons. The summed E-state index contributed by atoms with van der Waals surface area (Å²) in [4.78, 5) is 0. The van der Waals surface area contributed by atoms with Crippen molar-refractivity contribution in [1.82, 2.24) is 5.32 Å². The van der Waals surface area contributed by atoms with Crippen molar-refractivity contribution in [2.45, 2.75) is 50.5 Å². The molecule has 0 aromatic rings. The summed E-state index contributed by atoms with van der Waals surface area (Å²) in [6, 6.07) is 0. The molecule has 1 saturated heterocycles. The maximum Gasteiger partial charge on any atom is 0.0459 e. The van der Waals surface area contributed by atoms with E-state index in [0.29, 0.717) is 18.1 Å². The SMILES string of the molecule is OCC1CCC2(CCCCN2)CC1. The minimum Gasteiger partial charge on any atom is -0.396 e. The van der Waals surface area contributed by atoms with Crippen molar-refractivity contribution in [3.8, 4) is 0 Å². The van der Waals surface area contributed by atoms with Gasteiger partial charge >= 0.3 is 0 Å². The quantitative estimate of drug-likeness (QED) is 0.648. The molecule has 1 aliphatic heterocycles. The third kappa shape index (κ3) is 2.05. The van der Waals surface area contributed by atoms with Crippen molar-refractivity contribution in [3.63, 3.8) is 0 Å². The monoisotopic (exact) mass is 183 g/mol. The Morgan fingerprint density at radius 3 is 2.46 bits per heavy atom. The largest absolute Gasteiger partial charge is 0.396 e. The number of nitrogens with one attached hydrogen (secondary N) is 1. The maximum absolute atomic E-state index is 9.06. The fraction of sp³-hybridized carbons (Fsp3) is 1.00. The van der Waals surface area contributed by atoms with E-state index >= 15 is 0 Å². The Kier molecular flexibility index (Phi) is 2.89. The third-order valence-corrected chi connectivity index (χ3v) is 3.90. The van der Waals surface area contributed by atoms with E-state index in [-0.39, 0.29) is 0 Å². The second-order valence-electron chi connectivity index (χ2n) is 4.79. The Morgan fingerprint density at radius 2 is 1.92 bits per heavy atom.